The molecule has 0 atom stereocenters. The molecule has 2 aromatic carbocycles. The van der Waals surface area contributed by atoms with Gasteiger partial charge in [-0.3, -0.25) is 4.79 Å². The van der Waals surface area contributed by atoms with Gasteiger partial charge in [0.25, 0.3) is 5.91 Å². The number of hydrogen-bond donors (Lipinski definition) is 1. The molecule has 1 fully saturated rings. The number of aromatic nitrogens is 2. The van der Waals surface area contributed by atoms with E-state index in [1.165, 1.54) is 0 Å². The number of ether oxygens (including phenoxy) is 1. The fraction of sp³-hybridized carbons (Fsp3) is 0.261. The summed E-state index contributed by atoms with van der Waals surface area (Å²) in [5.41, 5.74) is 3.82. The summed E-state index contributed by atoms with van der Waals surface area (Å²) < 4.78 is 6.88. The first-order valence-corrected chi connectivity index (χ1v) is 9.85. The minimum atomic E-state index is -0.564. The molecule has 0 radical (unpaired) electrons. The van der Waals surface area contributed by atoms with E-state index in [0.717, 1.165) is 36.2 Å². The minimum absolute atomic E-state index is 0.332. The summed E-state index contributed by atoms with van der Waals surface area (Å²) in [5.74, 6) is -0.536. The van der Waals surface area contributed by atoms with Gasteiger partial charge >= 0.3 is 5.97 Å². The zero-order valence-electron chi connectivity index (χ0n) is 16.3. The topological polar surface area (TPSA) is 73.2 Å². The van der Waals surface area contributed by atoms with Crippen LogP contribution in [-0.2, 0) is 16.0 Å². The molecule has 1 N–H and O–H groups in total. The van der Waals surface area contributed by atoms with Crippen molar-refractivity contribution in [2.75, 3.05) is 11.9 Å². The molecule has 1 aliphatic rings. The van der Waals surface area contributed by atoms with E-state index < -0.39 is 5.97 Å². The van der Waals surface area contributed by atoms with Crippen molar-refractivity contribution in [1.29, 1.82) is 0 Å². The molecule has 6 heteroatoms. The normalized spacial score (nSPS) is 13.1. The molecular weight excluding hydrogens is 366 g/mol. The van der Waals surface area contributed by atoms with Gasteiger partial charge in [-0.1, -0.05) is 37.3 Å². The van der Waals surface area contributed by atoms with Crippen molar-refractivity contribution in [3.05, 3.63) is 77.6 Å². The summed E-state index contributed by atoms with van der Waals surface area (Å²) in [5, 5.41) is 7.36. The highest BCUT2D eigenvalue weighted by Gasteiger charge is 2.29. The third kappa shape index (κ3) is 4.54. The molecule has 0 unspecified atom stereocenters. The van der Waals surface area contributed by atoms with Gasteiger partial charge in [-0.25, -0.2) is 9.48 Å². The molecule has 4 rings (SSSR count). The van der Waals surface area contributed by atoms with Gasteiger partial charge in [0.2, 0.25) is 0 Å². The number of amides is 1. The maximum Gasteiger partial charge on any atom is 0.357 e. The van der Waals surface area contributed by atoms with Crippen molar-refractivity contribution in [2.24, 2.45) is 0 Å². The molecule has 148 valence electrons. The van der Waals surface area contributed by atoms with E-state index in [2.05, 4.69) is 17.3 Å². The smallest absolute Gasteiger partial charge is 0.357 e. The molecular formula is C23H23N3O3. The average Bonchev–Trinajstić information content (AvgIpc) is 3.51. The number of carbonyl (C=O) groups excluding carboxylic acids is 2. The summed E-state index contributed by atoms with van der Waals surface area (Å²) in [6, 6.07) is 18.8. The predicted octanol–water partition coefficient (Wildman–Crippen LogP) is 4.11. The van der Waals surface area contributed by atoms with Crippen LogP contribution in [0.5, 0.6) is 0 Å². The van der Waals surface area contributed by atoms with E-state index >= 15 is 0 Å². The molecule has 6 nitrogen and oxygen atoms in total. The molecule has 3 aromatic rings. The van der Waals surface area contributed by atoms with E-state index in [4.69, 9.17) is 4.74 Å². The number of rotatable bonds is 7. The van der Waals surface area contributed by atoms with Crippen molar-refractivity contribution in [3.8, 4) is 5.69 Å². The van der Waals surface area contributed by atoms with Crippen LogP contribution in [0.25, 0.3) is 5.69 Å². The lowest BCUT2D eigenvalue weighted by molar-refractivity contribution is -0.119. The fourth-order valence-electron chi connectivity index (χ4n) is 3.16. The van der Waals surface area contributed by atoms with Crippen LogP contribution in [0.2, 0.25) is 0 Å². The first-order chi connectivity index (χ1) is 14.1. The van der Waals surface area contributed by atoms with E-state index in [0.29, 0.717) is 17.3 Å². The Morgan fingerprint density at radius 3 is 2.62 bits per heavy atom. The number of esters is 1. The molecule has 1 amide bonds. The number of carbonyl (C=O) groups is 2. The third-order valence-corrected chi connectivity index (χ3v) is 4.89. The first kappa shape index (κ1) is 18.9. The van der Waals surface area contributed by atoms with Crippen LogP contribution in [0.4, 0.5) is 5.69 Å². The van der Waals surface area contributed by atoms with Gasteiger partial charge in [0.05, 0.1) is 11.4 Å². The Labute approximate surface area is 169 Å². The highest BCUT2D eigenvalue weighted by molar-refractivity contribution is 5.95. The summed E-state index contributed by atoms with van der Waals surface area (Å²) in [4.78, 5) is 24.9. The lowest BCUT2D eigenvalue weighted by Gasteiger charge is -2.09. The quantitative estimate of drug-likeness (QED) is 0.617. The number of hydrogen-bond acceptors (Lipinski definition) is 4. The molecule has 1 aromatic heterocycles. The van der Waals surface area contributed by atoms with Gasteiger partial charge in [-0.2, -0.15) is 5.10 Å². The number of aryl methyl sites for hydroxylation is 1. The van der Waals surface area contributed by atoms with Gasteiger partial charge in [-0.05, 0) is 55.2 Å². The summed E-state index contributed by atoms with van der Waals surface area (Å²) in [6.45, 7) is 1.70. The Kier molecular flexibility index (Phi) is 5.42. The molecule has 0 saturated heterocycles. The highest BCUT2D eigenvalue weighted by atomic mass is 16.5. The molecule has 0 spiro atoms. The van der Waals surface area contributed by atoms with Gasteiger partial charge in [-0.15, -0.1) is 0 Å². The summed E-state index contributed by atoms with van der Waals surface area (Å²) in [7, 11) is 0. The SMILES string of the molecule is CCc1cccc(NC(=O)COC(=O)c2cc(C3CC3)nn2-c2ccccc2)c1. The molecule has 29 heavy (non-hydrogen) atoms. The van der Waals surface area contributed by atoms with Crippen molar-refractivity contribution in [1.82, 2.24) is 9.78 Å². The standard InChI is InChI=1S/C23H23N3O3/c1-2-16-7-6-8-18(13-16)24-22(27)15-29-23(28)21-14-20(17-11-12-17)25-26(21)19-9-4-3-5-10-19/h3-10,13-14,17H,2,11-12,15H2,1H3,(H,24,27). The van der Waals surface area contributed by atoms with Crippen molar-refractivity contribution in [3.63, 3.8) is 0 Å². The zero-order valence-corrected chi connectivity index (χ0v) is 16.3. The van der Waals surface area contributed by atoms with Crippen LogP contribution < -0.4 is 5.32 Å². The fourth-order valence-corrected chi connectivity index (χ4v) is 3.16. The van der Waals surface area contributed by atoms with E-state index in [9.17, 15) is 9.59 Å². The Morgan fingerprint density at radius 2 is 1.90 bits per heavy atom. The predicted molar refractivity (Wildman–Crippen MR) is 110 cm³/mol. The van der Waals surface area contributed by atoms with Crippen LogP contribution in [0.15, 0.2) is 60.7 Å². The highest BCUT2D eigenvalue weighted by Crippen LogP contribution is 2.39. The molecule has 1 heterocycles. The Bertz CT molecular complexity index is 1020. The van der Waals surface area contributed by atoms with Gasteiger partial charge < -0.3 is 10.1 Å². The summed E-state index contributed by atoms with van der Waals surface area (Å²) >= 11 is 0. The van der Waals surface area contributed by atoms with E-state index in [1.807, 2.05) is 54.6 Å². The lowest BCUT2D eigenvalue weighted by atomic mass is 10.1. The third-order valence-electron chi connectivity index (χ3n) is 4.89. The Morgan fingerprint density at radius 1 is 1.10 bits per heavy atom. The number of benzene rings is 2. The van der Waals surface area contributed by atoms with Crippen LogP contribution in [0.1, 0.15) is 47.4 Å². The van der Waals surface area contributed by atoms with E-state index in [1.54, 1.807) is 10.7 Å². The van der Waals surface area contributed by atoms with Crippen LogP contribution in [-0.4, -0.2) is 28.3 Å². The number of anilines is 1. The van der Waals surface area contributed by atoms with Crippen molar-refractivity contribution < 1.29 is 14.3 Å². The van der Waals surface area contributed by atoms with Crippen molar-refractivity contribution in [2.45, 2.75) is 32.1 Å². The summed E-state index contributed by atoms with van der Waals surface area (Å²) in [6.07, 6.45) is 3.05. The number of nitrogens with one attached hydrogen (secondary N) is 1. The largest absolute Gasteiger partial charge is 0.451 e. The molecule has 1 aliphatic carbocycles. The molecule has 1 saturated carbocycles. The molecule has 0 bridgehead atoms. The average molecular weight is 389 g/mol. The second kappa shape index (κ2) is 8.31. The maximum atomic E-state index is 12.7. The second-order valence-corrected chi connectivity index (χ2v) is 7.15. The van der Waals surface area contributed by atoms with Crippen molar-refractivity contribution >= 4 is 17.6 Å². The van der Waals surface area contributed by atoms with E-state index in [-0.39, 0.29) is 12.5 Å². The Hall–Kier alpha value is -3.41. The minimum Gasteiger partial charge on any atom is -0.451 e. The van der Waals surface area contributed by atoms with Crippen LogP contribution >= 0.6 is 0 Å². The maximum absolute atomic E-state index is 12.7. The second-order valence-electron chi connectivity index (χ2n) is 7.15. The van der Waals surface area contributed by atoms with Gasteiger partial charge in [0, 0.05) is 11.6 Å². The Balaban J connectivity index is 1.45. The monoisotopic (exact) mass is 389 g/mol. The van der Waals surface area contributed by atoms with Crippen LogP contribution in [0, 0.1) is 0 Å². The van der Waals surface area contributed by atoms with Gasteiger partial charge in [0.1, 0.15) is 0 Å². The zero-order chi connectivity index (χ0) is 20.2. The number of para-hydroxylation sites is 1. The number of nitrogens with zero attached hydrogens (tertiary/aromatic N) is 2. The van der Waals surface area contributed by atoms with Gasteiger partial charge in [0.15, 0.2) is 12.3 Å². The molecule has 0 aliphatic heterocycles. The first-order valence-electron chi connectivity index (χ1n) is 9.85. The lowest BCUT2D eigenvalue weighted by Crippen LogP contribution is -2.22. The van der Waals surface area contributed by atoms with Crippen LogP contribution in [0.3, 0.4) is 0 Å².